The molecule has 0 bridgehead atoms. The molecule has 18 heavy (non-hydrogen) atoms. The lowest BCUT2D eigenvalue weighted by Crippen LogP contribution is -2.17. The third kappa shape index (κ3) is 2.81. The van der Waals surface area contributed by atoms with Crippen molar-refractivity contribution in [3.63, 3.8) is 0 Å². The molecule has 0 radical (unpaired) electrons. The smallest absolute Gasteiger partial charge is 0.124 e. The van der Waals surface area contributed by atoms with E-state index in [1.807, 2.05) is 25.3 Å². The second kappa shape index (κ2) is 5.55. The van der Waals surface area contributed by atoms with E-state index in [2.05, 4.69) is 15.5 Å². The number of nitrogens with one attached hydrogen (secondary N) is 2. The van der Waals surface area contributed by atoms with Crippen molar-refractivity contribution in [2.75, 3.05) is 7.11 Å². The van der Waals surface area contributed by atoms with Crippen molar-refractivity contribution in [1.29, 1.82) is 0 Å². The number of nitrogens with zero attached hydrogens (tertiary/aromatic N) is 1. The van der Waals surface area contributed by atoms with Crippen LogP contribution in [0.25, 0.3) is 0 Å². The van der Waals surface area contributed by atoms with Crippen LogP contribution < -0.4 is 10.1 Å². The highest BCUT2D eigenvalue weighted by atomic mass is 16.5. The Morgan fingerprint density at radius 1 is 1.50 bits per heavy atom. The summed E-state index contributed by atoms with van der Waals surface area (Å²) in [5.41, 5.74) is 1.93. The molecule has 0 amide bonds. The van der Waals surface area contributed by atoms with Crippen molar-refractivity contribution in [3.8, 4) is 11.5 Å². The molecule has 2 aromatic rings. The summed E-state index contributed by atoms with van der Waals surface area (Å²) in [7, 11) is 1.58. The molecule has 1 aromatic heterocycles. The van der Waals surface area contributed by atoms with E-state index in [9.17, 15) is 5.11 Å². The molecule has 1 unspecified atom stereocenters. The maximum absolute atomic E-state index is 9.91. The van der Waals surface area contributed by atoms with Crippen LogP contribution in [0.2, 0.25) is 0 Å². The topological polar surface area (TPSA) is 70.2 Å². The summed E-state index contributed by atoms with van der Waals surface area (Å²) in [6.07, 6.45) is 3.61. The number of aromatic amines is 1. The molecule has 0 saturated heterocycles. The number of phenolic OH excluding ortho intramolecular Hbond substituents is 1. The molecule has 3 N–H and O–H groups in total. The highest BCUT2D eigenvalue weighted by Crippen LogP contribution is 2.28. The Balaban J connectivity index is 2.02. The first-order chi connectivity index (χ1) is 8.70. The van der Waals surface area contributed by atoms with Crippen molar-refractivity contribution < 1.29 is 9.84 Å². The number of aromatic nitrogens is 2. The standard InChI is InChI=1S/C13H17N3O2/c1-9(14-6-10-7-15-16-8-10)12-4-3-11(18-2)5-13(12)17/h3-5,7-9,14,17H,6H2,1-2H3,(H,15,16). The van der Waals surface area contributed by atoms with Gasteiger partial charge in [-0.3, -0.25) is 5.10 Å². The first-order valence-corrected chi connectivity index (χ1v) is 5.78. The lowest BCUT2D eigenvalue weighted by atomic mass is 10.1. The number of rotatable bonds is 5. The molecule has 0 saturated carbocycles. The maximum atomic E-state index is 9.91. The van der Waals surface area contributed by atoms with Crippen molar-refractivity contribution >= 4 is 0 Å². The van der Waals surface area contributed by atoms with Gasteiger partial charge < -0.3 is 15.2 Å². The molecule has 1 aromatic carbocycles. The van der Waals surface area contributed by atoms with E-state index >= 15 is 0 Å². The molecule has 0 fully saturated rings. The summed E-state index contributed by atoms with van der Waals surface area (Å²) in [5.74, 6) is 0.889. The molecule has 96 valence electrons. The first kappa shape index (κ1) is 12.4. The Morgan fingerprint density at radius 3 is 2.94 bits per heavy atom. The van der Waals surface area contributed by atoms with Crippen LogP contribution in [-0.4, -0.2) is 22.4 Å². The third-order valence-corrected chi connectivity index (χ3v) is 2.87. The molecular weight excluding hydrogens is 230 g/mol. The molecule has 1 atom stereocenters. The number of aromatic hydroxyl groups is 1. The molecule has 0 aliphatic rings. The van der Waals surface area contributed by atoms with Crippen molar-refractivity contribution in [2.24, 2.45) is 0 Å². The molecule has 1 heterocycles. The fourth-order valence-corrected chi connectivity index (χ4v) is 1.77. The largest absolute Gasteiger partial charge is 0.507 e. The summed E-state index contributed by atoms with van der Waals surface area (Å²) in [4.78, 5) is 0. The predicted octanol–water partition coefficient (Wildman–Crippen LogP) is 1.97. The molecule has 2 rings (SSSR count). The van der Waals surface area contributed by atoms with Gasteiger partial charge in [-0.2, -0.15) is 5.10 Å². The molecule has 5 heteroatoms. The molecule has 5 nitrogen and oxygen atoms in total. The van der Waals surface area contributed by atoms with Gasteiger partial charge in [-0.1, -0.05) is 6.07 Å². The Hall–Kier alpha value is -2.01. The van der Waals surface area contributed by atoms with Gasteiger partial charge in [0.2, 0.25) is 0 Å². The van der Waals surface area contributed by atoms with Crippen LogP contribution in [0.5, 0.6) is 11.5 Å². The number of ether oxygens (including phenoxy) is 1. The zero-order valence-electron chi connectivity index (χ0n) is 10.5. The predicted molar refractivity (Wildman–Crippen MR) is 68.5 cm³/mol. The van der Waals surface area contributed by atoms with Gasteiger partial charge in [0.15, 0.2) is 0 Å². The highest BCUT2D eigenvalue weighted by molar-refractivity contribution is 5.41. The van der Waals surface area contributed by atoms with Gasteiger partial charge >= 0.3 is 0 Å². The van der Waals surface area contributed by atoms with E-state index in [0.29, 0.717) is 12.3 Å². The number of hydrogen-bond acceptors (Lipinski definition) is 4. The van der Waals surface area contributed by atoms with Crippen LogP contribution in [-0.2, 0) is 6.54 Å². The van der Waals surface area contributed by atoms with E-state index in [1.165, 1.54) is 0 Å². The zero-order valence-corrected chi connectivity index (χ0v) is 10.5. The summed E-state index contributed by atoms with van der Waals surface area (Å²) in [6.45, 7) is 2.70. The Bertz CT molecular complexity index is 497. The van der Waals surface area contributed by atoms with E-state index < -0.39 is 0 Å². The number of hydrogen-bond donors (Lipinski definition) is 3. The highest BCUT2D eigenvalue weighted by Gasteiger charge is 2.10. The van der Waals surface area contributed by atoms with Gasteiger partial charge in [0.05, 0.1) is 13.3 Å². The van der Waals surface area contributed by atoms with Gasteiger partial charge in [-0.05, 0) is 13.0 Å². The Morgan fingerprint density at radius 2 is 2.33 bits per heavy atom. The lowest BCUT2D eigenvalue weighted by molar-refractivity contribution is 0.404. The van der Waals surface area contributed by atoms with Crippen LogP contribution in [0.15, 0.2) is 30.6 Å². The monoisotopic (exact) mass is 247 g/mol. The van der Waals surface area contributed by atoms with Crippen LogP contribution in [0, 0.1) is 0 Å². The van der Waals surface area contributed by atoms with Gasteiger partial charge in [-0.25, -0.2) is 0 Å². The summed E-state index contributed by atoms with van der Waals surface area (Å²) >= 11 is 0. The number of benzene rings is 1. The second-order valence-corrected chi connectivity index (χ2v) is 4.13. The normalized spacial score (nSPS) is 12.3. The quantitative estimate of drug-likeness (QED) is 0.755. The fourth-order valence-electron chi connectivity index (χ4n) is 1.77. The average Bonchev–Trinajstić information content (AvgIpc) is 2.88. The minimum atomic E-state index is 0.0470. The fraction of sp³-hybridized carbons (Fsp3) is 0.308. The number of H-pyrrole nitrogens is 1. The number of phenols is 1. The van der Waals surface area contributed by atoms with Crippen LogP contribution in [0.3, 0.4) is 0 Å². The minimum absolute atomic E-state index is 0.0470. The van der Waals surface area contributed by atoms with Gasteiger partial charge in [-0.15, -0.1) is 0 Å². The first-order valence-electron chi connectivity index (χ1n) is 5.78. The van der Waals surface area contributed by atoms with Gasteiger partial charge in [0, 0.05) is 36.0 Å². The van der Waals surface area contributed by atoms with Crippen LogP contribution in [0.4, 0.5) is 0 Å². The molecule has 0 aliphatic heterocycles. The van der Waals surface area contributed by atoms with Gasteiger partial charge in [0.1, 0.15) is 11.5 Å². The Labute approximate surface area is 106 Å². The average molecular weight is 247 g/mol. The van der Waals surface area contributed by atoms with E-state index in [4.69, 9.17) is 4.74 Å². The van der Waals surface area contributed by atoms with Crippen molar-refractivity contribution in [3.05, 3.63) is 41.7 Å². The van der Waals surface area contributed by atoms with Crippen LogP contribution >= 0.6 is 0 Å². The lowest BCUT2D eigenvalue weighted by Gasteiger charge is -2.15. The third-order valence-electron chi connectivity index (χ3n) is 2.87. The molecule has 0 spiro atoms. The van der Waals surface area contributed by atoms with E-state index in [-0.39, 0.29) is 11.8 Å². The maximum Gasteiger partial charge on any atom is 0.124 e. The zero-order chi connectivity index (χ0) is 13.0. The molecule has 0 aliphatic carbocycles. The van der Waals surface area contributed by atoms with Crippen LogP contribution in [0.1, 0.15) is 24.1 Å². The summed E-state index contributed by atoms with van der Waals surface area (Å²) in [5, 5.41) is 19.9. The van der Waals surface area contributed by atoms with Crippen molar-refractivity contribution in [2.45, 2.75) is 19.5 Å². The second-order valence-electron chi connectivity index (χ2n) is 4.13. The SMILES string of the molecule is COc1ccc(C(C)NCc2cn[nH]c2)c(O)c1. The van der Waals surface area contributed by atoms with E-state index in [1.54, 1.807) is 19.4 Å². The Kier molecular flexibility index (Phi) is 3.84. The summed E-state index contributed by atoms with van der Waals surface area (Å²) < 4.78 is 5.06. The number of methoxy groups -OCH3 is 1. The minimum Gasteiger partial charge on any atom is -0.507 e. The van der Waals surface area contributed by atoms with E-state index in [0.717, 1.165) is 11.1 Å². The van der Waals surface area contributed by atoms with Gasteiger partial charge in [0.25, 0.3) is 0 Å². The molecular formula is C13H17N3O2. The van der Waals surface area contributed by atoms with Crippen molar-refractivity contribution in [1.82, 2.24) is 15.5 Å². The summed E-state index contributed by atoms with van der Waals surface area (Å²) in [6, 6.07) is 5.36.